The molecular weight excluding hydrogens is 176 g/mol. The monoisotopic (exact) mass is 184 g/mol. The molecule has 13 heavy (non-hydrogen) atoms. The maximum absolute atomic E-state index is 10.9. The molecule has 0 radical (unpaired) electrons. The van der Waals surface area contributed by atoms with Crippen LogP contribution in [0.3, 0.4) is 0 Å². The van der Waals surface area contributed by atoms with Crippen LogP contribution in [0.4, 0.5) is 0 Å². The Morgan fingerprint density at radius 2 is 2.23 bits per heavy atom. The Labute approximate surface area is 73.0 Å². The number of nitrogens with one attached hydrogen (secondary N) is 1. The number of carbonyl (C=O) groups excluding carboxylic acids is 1. The highest BCUT2D eigenvalue weighted by Gasteiger charge is 2.11. The number of hydrogen-bond acceptors (Lipinski definition) is 4. The smallest absolute Gasteiger partial charge is 0.279 e. The predicted octanol–water partition coefficient (Wildman–Crippen LogP) is -0.790. The molecule has 0 bridgehead atoms. The molecular formula is C7H8N2O4. The van der Waals surface area contributed by atoms with E-state index in [-0.39, 0.29) is 5.56 Å². The minimum absolute atomic E-state index is 0.162. The number of aromatic hydroxyl groups is 1. The van der Waals surface area contributed by atoms with Gasteiger partial charge in [0.25, 0.3) is 11.5 Å². The van der Waals surface area contributed by atoms with Crippen LogP contribution in [0.25, 0.3) is 0 Å². The van der Waals surface area contributed by atoms with Crippen molar-refractivity contribution in [2.45, 2.75) is 0 Å². The summed E-state index contributed by atoms with van der Waals surface area (Å²) in [4.78, 5) is 21.8. The minimum Gasteiger partial charge on any atom is -0.507 e. The van der Waals surface area contributed by atoms with Crippen LogP contribution in [-0.2, 0) is 7.05 Å². The van der Waals surface area contributed by atoms with Gasteiger partial charge in [0, 0.05) is 19.3 Å². The Kier molecular flexibility index (Phi) is 2.34. The lowest BCUT2D eigenvalue weighted by atomic mass is 10.2. The standard InChI is InChI=1S/C7H8N2O4/c1-9-3-4(7(12)8-13)5(10)2-6(9)11/h2-3,10,13H,1H3,(H,8,12). The Hall–Kier alpha value is -1.82. The SMILES string of the molecule is Cn1cc(C(=O)NO)c(O)cc1=O. The number of hydrogen-bond donors (Lipinski definition) is 3. The lowest BCUT2D eigenvalue weighted by molar-refractivity contribution is 0.0702. The molecule has 6 nitrogen and oxygen atoms in total. The van der Waals surface area contributed by atoms with E-state index in [0.717, 1.165) is 16.8 Å². The van der Waals surface area contributed by atoms with Gasteiger partial charge in [-0.2, -0.15) is 0 Å². The topological polar surface area (TPSA) is 91.6 Å². The highest BCUT2D eigenvalue weighted by atomic mass is 16.5. The summed E-state index contributed by atoms with van der Waals surface area (Å²) in [6, 6.07) is 0.893. The average molecular weight is 184 g/mol. The zero-order chi connectivity index (χ0) is 10.0. The second-order valence-corrected chi connectivity index (χ2v) is 2.46. The van der Waals surface area contributed by atoms with Gasteiger partial charge in [-0.1, -0.05) is 0 Å². The van der Waals surface area contributed by atoms with Crippen LogP contribution < -0.4 is 11.0 Å². The number of nitrogens with zero attached hydrogens (tertiary/aromatic N) is 1. The van der Waals surface area contributed by atoms with Crippen molar-refractivity contribution in [3.05, 3.63) is 28.2 Å². The first-order valence-corrected chi connectivity index (χ1v) is 3.40. The summed E-state index contributed by atoms with van der Waals surface area (Å²) in [6.07, 6.45) is 1.13. The predicted molar refractivity (Wildman–Crippen MR) is 42.6 cm³/mol. The Morgan fingerprint density at radius 1 is 1.62 bits per heavy atom. The quantitative estimate of drug-likeness (QED) is 0.394. The van der Waals surface area contributed by atoms with E-state index in [0.29, 0.717) is 0 Å². The van der Waals surface area contributed by atoms with Crippen molar-refractivity contribution in [2.24, 2.45) is 7.05 Å². The maximum Gasteiger partial charge on any atom is 0.279 e. The molecule has 0 aliphatic heterocycles. The molecule has 0 spiro atoms. The first-order chi connectivity index (χ1) is 6.06. The van der Waals surface area contributed by atoms with Crippen molar-refractivity contribution >= 4 is 5.91 Å². The molecule has 0 aliphatic rings. The van der Waals surface area contributed by atoms with E-state index in [9.17, 15) is 9.59 Å². The average Bonchev–Trinajstić information content (AvgIpc) is 2.10. The molecule has 1 aromatic heterocycles. The molecule has 0 unspecified atom stereocenters. The number of carbonyl (C=O) groups is 1. The molecule has 1 heterocycles. The Morgan fingerprint density at radius 3 is 2.77 bits per heavy atom. The van der Waals surface area contributed by atoms with Gasteiger partial charge in [-0.15, -0.1) is 0 Å². The highest BCUT2D eigenvalue weighted by molar-refractivity contribution is 5.95. The van der Waals surface area contributed by atoms with Crippen molar-refractivity contribution in [1.29, 1.82) is 0 Å². The van der Waals surface area contributed by atoms with Gasteiger partial charge >= 0.3 is 0 Å². The van der Waals surface area contributed by atoms with E-state index < -0.39 is 17.2 Å². The number of hydroxylamine groups is 1. The van der Waals surface area contributed by atoms with E-state index in [1.54, 1.807) is 0 Å². The summed E-state index contributed by atoms with van der Waals surface area (Å²) < 4.78 is 1.12. The number of pyridine rings is 1. The highest BCUT2D eigenvalue weighted by Crippen LogP contribution is 2.11. The summed E-state index contributed by atoms with van der Waals surface area (Å²) >= 11 is 0. The van der Waals surface area contributed by atoms with Gasteiger partial charge in [-0.05, 0) is 0 Å². The molecule has 3 N–H and O–H groups in total. The normalized spacial score (nSPS) is 9.69. The zero-order valence-electron chi connectivity index (χ0n) is 6.81. The number of aryl methyl sites for hydroxylation is 1. The third-order valence-electron chi connectivity index (χ3n) is 1.55. The third kappa shape index (κ3) is 1.67. The maximum atomic E-state index is 10.9. The molecule has 6 heteroatoms. The first-order valence-electron chi connectivity index (χ1n) is 3.40. The summed E-state index contributed by atoms with van der Waals surface area (Å²) in [6.45, 7) is 0. The molecule has 0 aromatic carbocycles. The fourth-order valence-electron chi connectivity index (χ4n) is 0.855. The zero-order valence-corrected chi connectivity index (χ0v) is 6.81. The van der Waals surface area contributed by atoms with Gasteiger partial charge in [0.05, 0.1) is 5.56 Å². The van der Waals surface area contributed by atoms with Crippen LogP contribution in [0.15, 0.2) is 17.1 Å². The van der Waals surface area contributed by atoms with Crippen molar-refractivity contribution in [1.82, 2.24) is 10.0 Å². The number of aromatic nitrogens is 1. The molecule has 1 aromatic rings. The molecule has 70 valence electrons. The van der Waals surface area contributed by atoms with Crippen molar-refractivity contribution in [3.63, 3.8) is 0 Å². The third-order valence-corrected chi connectivity index (χ3v) is 1.55. The van der Waals surface area contributed by atoms with Crippen LogP contribution >= 0.6 is 0 Å². The van der Waals surface area contributed by atoms with E-state index in [2.05, 4.69) is 0 Å². The van der Waals surface area contributed by atoms with Gasteiger partial charge in [0.2, 0.25) is 0 Å². The van der Waals surface area contributed by atoms with Crippen molar-refractivity contribution < 1.29 is 15.1 Å². The molecule has 0 aliphatic carbocycles. The van der Waals surface area contributed by atoms with Gasteiger partial charge in [-0.25, -0.2) is 5.48 Å². The van der Waals surface area contributed by atoms with Crippen LogP contribution in [0, 0.1) is 0 Å². The summed E-state index contributed by atoms with van der Waals surface area (Å²) in [5, 5.41) is 17.4. The molecule has 1 amide bonds. The minimum atomic E-state index is -0.867. The molecule has 0 atom stereocenters. The first kappa shape index (κ1) is 9.27. The number of amides is 1. The van der Waals surface area contributed by atoms with Crippen LogP contribution in [0.2, 0.25) is 0 Å². The largest absolute Gasteiger partial charge is 0.507 e. The lowest BCUT2D eigenvalue weighted by Gasteiger charge is -2.03. The summed E-state index contributed by atoms with van der Waals surface area (Å²) in [7, 11) is 1.43. The van der Waals surface area contributed by atoms with E-state index in [1.165, 1.54) is 12.5 Å². The fraction of sp³-hybridized carbons (Fsp3) is 0.143. The molecule has 0 saturated carbocycles. The summed E-state index contributed by atoms with van der Waals surface area (Å²) in [5.41, 5.74) is 0.754. The van der Waals surface area contributed by atoms with E-state index in [1.807, 2.05) is 0 Å². The Balaban J connectivity index is 3.31. The van der Waals surface area contributed by atoms with Gasteiger partial charge in [-0.3, -0.25) is 14.8 Å². The van der Waals surface area contributed by atoms with Gasteiger partial charge in [0.15, 0.2) is 0 Å². The van der Waals surface area contributed by atoms with Crippen LogP contribution in [0.5, 0.6) is 5.75 Å². The van der Waals surface area contributed by atoms with Crippen LogP contribution in [-0.4, -0.2) is 20.8 Å². The van der Waals surface area contributed by atoms with Crippen molar-refractivity contribution in [3.8, 4) is 5.75 Å². The van der Waals surface area contributed by atoms with E-state index in [4.69, 9.17) is 10.3 Å². The van der Waals surface area contributed by atoms with Gasteiger partial charge < -0.3 is 9.67 Å². The molecule has 1 rings (SSSR count). The second kappa shape index (κ2) is 3.28. The summed E-state index contributed by atoms with van der Waals surface area (Å²) in [5.74, 6) is -1.33. The lowest BCUT2D eigenvalue weighted by Crippen LogP contribution is -2.23. The molecule has 0 fully saturated rings. The molecule has 0 saturated heterocycles. The van der Waals surface area contributed by atoms with Crippen LogP contribution in [0.1, 0.15) is 10.4 Å². The second-order valence-electron chi connectivity index (χ2n) is 2.46. The van der Waals surface area contributed by atoms with E-state index >= 15 is 0 Å². The number of rotatable bonds is 1. The van der Waals surface area contributed by atoms with Gasteiger partial charge in [0.1, 0.15) is 5.75 Å². The van der Waals surface area contributed by atoms with Crippen molar-refractivity contribution in [2.75, 3.05) is 0 Å². The Bertz CT molecular complexity index is 396. The fourth-order valence-corrected chi connectivity index (χ4v) is 0.855.